The number of thiophene rings is 1. The van der Waals surface area contributed by atoms with Gasteiger partial charge in [-0.1, -0.05) is 18.2 Å². The van der Waals surface area contributed by atoms with Gasteiger partial charge in [0, 0.05) is 23.7 Å². The van der Waals surface area contributed by atoms with Crippen LogP contribution in [0.3, 0.4) is 0 Å². The number of alkyl halides is 2. The molecule has 1 aromatic carbocycles. The highest BCUT2D eigenvalue weighted by molar-refractivity contribution is 7.21. The molecule has 0 saturated carbocycles. The maximum atomic E-state index is 13.7. The zero-order chi connectivity index (χ0) is 28.7. The number of aryl methyl sites for hydroxylation is 3. The Morgan fingerprint density at radius 3 is 2.50 bits per heavy atom. The Balaban J connectivity index is 1.51. The van der Waals surface area contributed by atoms with E-state index in [-0.39, 0.29) is 27.8 Å². The number of benzene rings is 1. The molecule has 12 heteroatoms. The Hall–Kier alpha value is -4.58. The Morgan fingerprint density at radius 1 is 1.15 bits per heavy atom. The number of nitrogens with two attached hydrogens (primary N) is 1. The molecule has 2 amide bonds. The van der Waals surface area contributed by atoms with Crippen LogP contribution in [0.5, 0.6) is 5.75 Å². The minimum Gasteiger partial charge on any atom is -0.485 e. The number of aromatic nitrogens is 3. The number of hydrogen-bond acceptors (Lipinski definition) is 7. The number of anilines is 1. The van der Waals surface area contributed by atoms with Gasteiger partial charge in [0.05, 0.1) is 11.9 Å². The van der Waals surface area contributed by atoms with Crippen LogP contribution in [0.1, 0.15) is 54.9 Å². The maximum absolute atomic E-state index is 13.7. The number of nitrogens with one attached hydrogen (secondary N) is 1. The molecule has 5 rings (SSSR count). The van der Waals surface area contributed by atoms with Crippen LogP contribution >= 0.6 is 11.3 Å². The first-order valence-corrected chi connectivity index (χ1v) is 13.0. The van der Waals surface area contributed by atoms with E-state index in [0.717, 1.165) is 28.2 Å². The van der Waals surface area contributed by atoms with E-state index < -0.39 is 23.9 Å². The van der Waals surface area contributed by atoms with E-state index in [4.69, 9.17) is 14.9 Å². The molecule has 40 heavy (non-hydrogen) atoms. The standard InChI is InChI=1S/C28H25F2N5O4S/c1-13-6-5-7-14(2)23(13)38-12-16-8-9-20(39-16)27(37)34-22-21-17(18-11-32-35(4)15(18)3)10-19(25(29)30)33-28(21)40-24(22)26(31)36/h5-11,25H,12H2,1-4H3,(H2,31,36)(H,34,37). The molecule has 5 aromatic rings. The van der Waals surface area contributed by atoms with Gasteiger partial charge in [0.2, 0.25) is 0 Å². The first-order valence-electron chi connectivity index (χ1n) is 12.2. The summed E-state index contributed by atoms with van der Waals surface area (Å²) >= 11 is 0.824. The molecule has 3 N–H and O–H groups in total. The lowest BCUT2D eigenvalue weighted by atomic mass is 10.0. The van der Waals surface area contributed by atoms with Crippen molar-refractivity contribution in [3.05, 3.63) is 81.5 Å². The minimum atomic E-state index is -2.86. The van der Waals surface area contributed by atoms with Crippen molar-refractivity contribution in [3.63, 3.8) is 0 Å². The van der Waals surface area contributed by atoms with Gasteiger partial charge in [-0.15, -0.1) is 11.3 Å². The Labute approximate surface area is 231 Å². The third kappa shape index (κ3) is 4.93. The van der Waals surface area contributed by atoms with Crippen LogP contribution < -0.4 is 15.8 Å². The SMILES string of the molecule is Cc1cccc(C)c1OCc1ccc(C(=O)Nc2c(C(N)=O)sc3nc(C(F)F)cc(-c4cnn(C)c4C)c23)o1. The number of ether oxygens (including phenoxy) is 1. The molecule has 206 valence electrons. The number of furan rings is 1. The average molecular weight is 566 g/mol. The number of carbonyl (C=O) groups excluding carboxylic acids is 2. The maximum Gasteiger partial charge on any atom is 0.291 e. The van der Waals surface area contributed by atoms with Gasteiger partial charge in [-0.25, -0.2) is 13.8 Å². The summed E-state index contributed by atoms with van der Waals surface area (Å²) in [5, 5.41) is 7.22. The number of hydrogen-bond donors (Lipinski definition) is 2. The van der Waals surface area contributed by atoms with Crippen LogP contribution in [0.25, 0.3) is 21.3 Å². The number of para-hydroxylation sites is 1. The van der Waals surface area contributed by atoms with Crippen LogP contribution in [0.2, 0.25) is 0 Å². The van der Waals surface area contributed by atoms with E-state index in [1.54, 1.807) is 24.7 Å². The number of primary amides is 1. The lowest BCUT2D eigenvalue weighted by Crippen LogP contribution is -2.16. The van der Waals surface area contributed by atoms with Crippen molar-refractivity contribution in [1.82, 2.24) is 14.8 Å². The summed E-state index contributed by atoms with van der Waals surface area (Å²) in [4.78, 5) is 29.8. The molecule has 0 aliphatic rings. The average Bonchev–Trinajstić information content (AvgIpc) is 3.61. The van der Waals surface area contributed by atoms with Gasteiger partial charge in [0.1, 0.15) is 33.5 Å². The second-order valence-electron chi connectivity index (χ2n) is 9.24. The lowest BCUT2D eigenvalue weighted by molar-refractivity contribution is 0.0992. The highest BCUT2D eigenvalue weighted by Gasteiger charge is 2.27. The molecular formula is C28H25F2N5O4S. The van der Waals surface area contributed by atoms with Gasteiger partial charge in [0.15, 0.2) is 5.76 Å². The predicted molar refractivity (Wildman–Crippen MR) is 147 cm³/mol. The first-order chi connectivity index (χ1) is 19.0. The topological polar surface area (TPSA) is 125 Å². The molecular weight excluding hydrogens is 540 g/mol. The van der Waals surface area contributed by atoms with Crippen molar-refractivity contribution >= 4 is 39.1 Å². The van der Waals surface area contributed by atoms with Crippen LogP contribution in [-0.4, -0.2) is 26.6 Å². The van der Waals surface area contributed by atoms with Gasteiger partial charge in [-0.3, -0.25) is 14.3 Å². The van der Waals surface area contributed by atoms with Gasteiger partial charge < -0.3 is 20.2 Å². The zero-order valence-corrected chi connectivity index (χ0v) is 22.9. The highest BCUT2D eigenvalue weighted by atomic mass is 32.1. The summed E-state index contributed by atoms with van der Waals surface area (Å²) in [6.07, 6.45) is -1.33. The molecule has 0 bridgehead atoms. The van der Waals surface area contributed by atoms with E-state index in [9.17, 15) is 18.4 Å². The number of rotatable bonds is 8. The summed E-state index contributed by atoms with van der Waals surface area (Å²) in [5.41, 5.74) is 8.73. The van der Waals surface area contributed by atoms with E-state index in [1.807, 2.05) is 32.0 Å². The zero-order valence-electron chi connectivity index (χ0n) is 22.0. The van der Waals surface area contributed by atoms with E-state index >= 15 is 0 Å². The summed E-state index contributed by atoms with van der Waals surface area (Å²) in [7, 11) is 1.72. The molecule has 0 unspecified atom stereocenters. The second kappa shape index (κ2) is 10.5. The van der Waals surface area contributed by atoms with Gasteiger partial charge in [-0.2, -0.15) is 5.10 Å². The van der Waals surface area contributed by atoms with E-state index in [2.05, 4.69) is 15.4 Å². The summed E-state index contributed by atoms with van der Waals surface area (Å²) in [6, 6.07) is 10.1. The number of nitrogens with zero attached hydrogens (tertiary/aromatic N) is 3. The van der Waals surface area contributed by atoms with Crippen LogP contribution in [0.4, 0.5) is 14.5 Å². The molecule has 4 aromatic heterocycles. The van der Waals surface area contributed by atoms with Crippen molar-refractivity contribution in [2.45, 2.75) is 33.8 Å². The summed E-state index contributed by atoms with van der Waals surface area (Å²) in [6.45, 7) is 5.75. The molecule has 4 heterocycles. The monoisotopic (exact) mass is 565 g/mol. The van der Waals surface area contributed by atoms with Crippen molar-refractivity contribution < 1.29 is 27.5 Å². The van der Waals surface area contributed by atoms with Gasteiger partial charge in [-0.05, 0) is 55.7 Å². The Bertz CT molecular complexity index is 1750. The quantitative estimate of drug-likeness (QED) is 0.235. The van der Waals surface area contributed by atoms with E-state index in [1.165, 1.54) is 18.3 Å². The third-order valence-electron chi connectivity index (χ3n) is 6.55. The molecule has 0 aliphatic heterocycles. The molecule has 0 saturated heterocycles. The predicted octanol–water partition coefficient (Wildman–Crippen LogP) is 6.08. The second-order valence-corrected chi connectivity index (χ2v) is 10.2. The van der Waals surface area contributed by atoms with Crippen LogP contribution in [0.15, 0.2) is 47.0 Å². The molecule has 0 aliphatic carbocycles. The Morgan fingerprint density at radius 2 is 1.88 bits per heavy atom. The van der Waals surface area contributed by atoms with Crippen molar-refractivity contribution in [2.24, 2.45) is 12.8 Å². The number of fused-ring (bicyclic) bond motifs is 1. The van der Waals surface area contributed by atoms with E-state index in [0.29, 0.717) is 28.0 Å². The smallest absolute Gasteiger partial charge is 0.291 e. The van der Waals surface area contributed by atoms with Crippen LogP contribution in [0, 0.1) is 20.8 Å². The van der Waals surface area contributed by atoms with Gasteiger partial charge >= 0.3 is 0 Å². The summed E-state index contributed by atoms with van der Waals surface area (Å²) < 4.78 is 40.7. The molecule has 0 fully saturated rings. The fourth-order valence-corrected chi connectivity index (χ4v) is 5.43. The van der Waals surface area contributed by atoms with Crippen LogP contribution in [-0.2, 0) is 13.7 Å². The fraction of sp³-hybridized carbons (Fsp3) is 0.214. The lowest BCUT2D eigenvalue weighted by Gasteiger charge is -2.11. The largest absolute Gasteiger partial charge is 0.485 e. The highest BCUT2D eigenvalue weighted by Crippen LogP contribution is 2.43. The molecule has 0 atom stereocenters. The number of halogens is 2. The molecule has 9 nitrogen and oxygen atoms in total. The molecule has 0 radical (unpaired) electrons. The summed E-state index contributed by atoms with van der Waals surface area (Å²) in [5.74, 6) is -0.394. The van der Waals surface area contributed by atoms with Crippen molar-refractivity contribution in [3.8, 4) is 16.9 Å². The number of pyridine rings is 1. The van der Waals surface area contributed by atoms with Gasteiger partial charge in [0.25, 0.3) is 18.2 Å². The first kappa shape index (κ1) is 27.0. The third-order valence-corrected chi connectivity index (χ3v) is 7.64. The van der Waals surface area contributed by atoms with Crippen molar-refractivity contribution in [1.29, 1.82) is 0 Å². The molecule has 0 spiro atoms. The Kier molecular flexibility index (Phi) is 7.11. The minimum absolute atomic E-state index is 0.0322. The van der Waals surface area contributed by atoms with Crippen molar-refractivity contribution in [2.75, 3.05) is 5.32 Å². The number of carbonyl (C=O) groups is 2. The number of amides is 2. The fourth-order valence-electron chi connectivity index (χ4n) is 4.42. The normalized spacial score (nSPS) is 11.4.